The van der Waals surface area contributed by atoms with Gasteiger partial charge in [-0.05, 0) is 41.3 Å². The summed E-state index contributed by atoms with van der Waals surface area (Å²) in [5.74, 6) is 1.33. The van der Waals surface area contributed by atoms with E-state index >= 15 is 0 Å². The Morgan fingerprint density at radius 1 is 0.886 bits per heavy atom. The number of nitrogens with one attached hydrogen (secondary N) is 2. The van der Waals surface area contributed by atoms with E-state index in [0.717, 1.165) is 22.6 Å². The van der Waals surface area contributed by atoms with Crippen LogP contribution in [0.25, 0.3) is 11.3 Å². The third-order valence-electron chi connectivity index (χ3n) is 4.86. The molecule has 0 bridgehead atoms. The molecule has 0 unspecified atom stereocenters. The second kappa shape index (κ2) is 10.8. The first kappa shape index (κ1) is 22.5. The number of carbonyl (C=O) groups excluding carboxylic acids is 1. The van der Waals surface area contributed by atoms with Crippen LogP contribution in [0.5, 0.6) is 11.5 Å². The lowest BCUT2D eigenvalue weighted by Gasteiger charge is -2.05. The van der Waals surface area contributed by atoms with Crippen molar-refractivity contribution in [1.82, 2.24) is 4.98 Å². The zero-order chi connectivity index (χ0) is 23.9. The van der Waals surface area contributed by atoms with E-state index in [9.17, 15) is 4.79 Å². The Kier molecular flexibility index (Phi) is 6.93. The fraction of sp³-hybridized carbons (Fsp3) is 0. The molecule has 2 N–H and O–H groups in total. The topological polar surface area (TPSA) is 75.6 Å². The van der Waals surface area contributed by atoms with E-state index in [1.807, 2.05) is 96.4 Å². The minimum atomic E-state index is -0.161. The number of amides is 1. The minimum Gasteiger partial charge on any atom is -0.457 e. The summed E-state index contributed by atoms with van der Waals surface area (Å²) >= 11 is 2.73. The van der Waals surface area contributed by atoms with E-state index in [1.165, 1.54) is 22.7 Å². The van der Waals surface area contributed by atoms with Crippen LogP contribution in [0.1, 0.15) is 15.2 Å². The fourth-order valence-electron chi connectivity index (χ4n) is 3.26. The van der Waals surface area contributed by atoms with Crippen LogP contribution in [0.15, 0.2) is 108 Å². The summed E-state index contributed by atoms with van der Waals surface area (Å²) < 4.78 is 5.89. The number of thiophene rings is 1. The Balaban J connectivity index is 1.32. The van der Waals surface area contributed by atoms with Gasteiger partial charge in [0.15, 0.2) is 0 Å². The largest absolute Gasteiger partial charge is 0.457 e. The molecule has 2 aromatic heterocycles. The molecular weight excluding hydrogens is 476 g/mol. The Morgan fingerprint density at radius 2 is 1.66 bits per heavy atom. The molecule has 8 heteroatoms. The quantitative estimate of drug-likeness (QED) is 0.174. The molecule has 0 radical (unpaired) electrons. The summed E-state index contributed by atoms with van der Waals surface area (Å²) in [6.07, 6.45) is 1.70. The predicted molar refractivity (Wildman–Crippen MR) is 144 cm³/mol. The number of benzene rings is 3. The van der Waals surface area contributed by atoms with Crippen molar-refractivity contribution in [3.05, 3.63) is 113 Å². The minimum absolute atomic E-state index is 0.161. The number of anilines is 2. The first-order valence-corrected chi connectivity index (χ1v) is 12.5. The zero-order valence-electron chi connectivity index (χ0n) is 18.4. The van der Waals surface area contributed by atoms with Crippen molar-refractivity contribution in [2.24, 2.45) is 5.10 Å². The number of para-hydroxylation sites is 1. The maximum atomic E-state index is 12.6. The highest BCUT2D eigenvalue weighted by molar-refractivity contribution is 7.20. The predicted octanol–water partition coefficient (Wildman–Crippen LogP) is 7.36. The van der Waals surface area contributed by atoms with Crippen molar-refractivity contribution in [2.45, 2.75) is 0 Å². The molecule has 0 atom stereocenters. The van der Waals surface area contributed by atoms with E-state index < -0.39 is 0 Å². The van der Waals surface area contributed by atoms with Crippen molar-refractivity contribution < 1.29 is 9.53 Å². The molecule has 0 aliphatic carbocycles. The van der Waals surface area contributed by atoms with Gasteiger partial charge in [-0.2, -0.15) is 5.10 Å². The van der Waals surface area contributed by atoms with Crippen LogP contribution >= 0.6 is 22.7 Å². The number of rotatable bonds is 8. The second-order valence-electron chi connectivity index (χ2n) is 7.35. The number of thiazole rings is 1. The lowest BCUT2D eigenvalue weighted by atomic mass is 10.2. The molecule has 1 amide bonds. The van der Waals surface area contributed by atoms with Gasteiger partial charge in [0.05, 0.1) is 11.1 Å². The van der Waals surface area contributed by atoms with Gasteiger partial charge >= 0.3 is 0 Å². The molecular formula is C27H20N4O2S2. The molecule has 3 aromatic carbocycles. The monoisotopic (exact) mass is 496 g/mol. The first-order chi connectivity index (χ1) is 17.2. The number of hydrogen-bond acceptors (Lipinski definition) is 7. The van der Waals surface area contributed by atoms with E-state index in [0.29, 0.717) is 20.7 Å². The van der Waals surface area contributed by atoms with Crippen LogP contribution in [0.2, 0.25) is 0 Å². The number of hydrogen-bond donors (Lipinski definition) is 2. The number of aromatic nitrogens is 1. The highest BCUT2D eigenvalue weighted by Crippen LogP contribution is 2.36. The molecule has 35 heavy (non-hydrogen) atoms. The molecule has 0 saturated heterocycles. The van der Waals surface area contributed by atoms with Gasteiger partial charge in [0, 0.05) is 5.56 Å². The molecule has 0 spiro atoms. The van der Waals surface area contributed by atoms with E-state index in [1.54, 1.807) is 12.3 Å². The van der Waals surface area contributed by atoms with Crippen LogP contribution in [0, 0.1) is 0 Å². The third-order valence-corrected chi connectivity index (χ3v) is 6.60. The van der Waals surface area contributed by atoms with Crippen LogP contribution in [0.3, 0.4) is 0 Å². The highest BCUT2D eigenvalue weighted by atomic mass is 32.1. The first-order valence-electron chi connectivity index (χ1n) is 10.8. The van der Waals surface area contributed by atoms with Crippen LogP contribution in [0.4, 0.5) is 10.1 Å². The summed E-state index contributed by atoms with van der Waals surface area (Å²) in [4.78, 5) is 18.0. The van der Waals surface area contributed by atoms with Crippen molar-refractivity contribution in [1.29, 1.82) is 0 Å². The number of nitrogens with zero attached hydrogens (tertiary/aromatic N) is 2. The summed E-state index contributed by atoms with van der Waals surface area (Å²) in [5.41, 5.74) is 5.46. The number of hydrazone groups is 1. The smallest absolute Gasteiger partial charge is 0.266 e. The van der Waals surface area contributed by atoms with Gasteiger partial charge in [-0.15, -0.1) is 11.3 Å². The molecule has 0 aliphatic heterocycles. The van der Waals surface area contributed by atoms with E-state index in [2.05, 4.69) is 20.8 Å². The summed E-state index contributed by atoms with van der Waals surface area (Å²) in [7, 11) is 0. The van der Waals surface area contributed by atoms with E-state index in [-0.39, 0.29) is 5.91 Å². The van der Waals surface area contributed by atoms with Gasteiger partial charge in [0.2, 0.25) is 5.13 Å². The van der Waals surface area contributed by atoms with Crippen molar-refractivity contribution in [3.8, 4) is 22.8 Å². The molecule has 172 valence electrons. The zero-order valence-corrected chi connectivity index (χ0v) is 20.1. The summed E-state index contributed by atoms with van der Waals surface area (Å²) in [6.45, 7) is 0. The molecule has 0 fully saturated rings. The van der Waals surface area contributed by atoms with Gasteiger partial charge in [0.1, 0.15) is 22.2 Å². The van der Waals surface area contributed by atoms with Crippen molar-refractivity contribution >= 4 is 44.9 Å². The van der Waals surface area contributed by atoms with Crippen molar-refractivity contribution in [2.75, 3.05) is 10.7 Å². The molecule has 5 rings (SSSR count). The Hall–Kier alpha value is -4.27. The number of ether oxygens (including phenoxy) is 1. The maximum absolute atomic E-state index is 12.6. The SMILES string of the molecule is O=C(Nc1sc(N/N=C\c2cccc(Oc3ccccc3)c2)nc1-c1ccccc1)c1cccs1. The summed E-state index contributed by atoms with van der Waals surface area (Å²) in [6, 6.07) is 30.7. The summed E-state index contributed by atoms with van der Waals surface area (Å²) in [5, 5.41) is 10.4. The molecule has 0 aliphatic rings. The van der Waals surface area contributed by atoms with Gasteiger partial charge < -0.3 is 10.1 Å². The fourth-order valence-corrected chi connectivity index (χ4v) is 4.71. The van der Waals surface area contributed by atoms with Crippen LogP contribution in [-0.4, -0.2) is 17.1 Å². The average Bonchev–Trinajstić information content (AvgIpc) is 3.56. The third kappa shape index (κ3) is 5.81. The molecule has 2 heterocycles. The van der Waals surface area contributed by atoms with Crippen LogP contribution in [-0.2, 0) is 0 Å². The molecule has 0 saturated carbocycles. The van der Waals surface area contributed by atoms with Gasteiger partial charge in [-0.1, -0.05) is 78.1 Å². The van der Waals surface area contributed by atoms with Gasteiger partial charge in [0.25, 0.3) is 5.91 Å². The maximum Gasteiger partial charge on any atom is 0.266 e. The standard InChI is InChI=1S/C27H20N4O2S2/c32-25(23-15-8-16-34-23)30-26-24(20-10-3-1-4-11-20)29-27(35-26)31-28-18-19-9-7-14-22(17-19)33-21-12-5-2-6-13-21/h1-18H,(H,29,31)(H,30,32)/b28-18-. The lowest BCUT2D eigenvalue weighted by molar-refractivity contribution is 0.103. The highest BCUT2D eigenvalue weighted by Gasteiger charge is 2.16. The van der Waals surface area contributed by atoms with Crippen molar-refractivity contribution in [3.63, 3.8) is 0 Å². The normalized spacial score (nSPS) is 10.9. The lowest BCUT2D eigenvalue weighted by Crippen LogP contribution is -2.09. The average molecular weight is 497 g/mol. The van der Waals surface area contributed by atoms with Gasteiger partial charge in [-0.3, -0.25) is 10.2 Å². The number of carbonyl (C=O) groups is 1. The molecule has 5 aromatic rings. The Bertz CT molecular complexity index is 1430. The molecule has 6 nitrogen and oxygen atoms in total. The second-order valence-corrected chi connectivity index (χ2v) is 9.30. The Labute approximate surface area is 210 Å². The van der Waals surface area contributed by atoms with Gasteiger partial charge in [-0.25, -0.2) is 4.98 Å². The Morgan fingerprint density at radius 3 is 2.43 bits per heavy atom. The van der Waals surface area contributed by atoms with Crippen LogP contribution < -0.4 is 15.5 Å². The van der Waals surface area contributed by atoms with E-state index in [4.69, 9.17) is 4.74 Å².